The highest BCUT2D eigenvalue weighted by Crippen LogP contribution is 2.24. The molecule has 6 nitrogen and oxygen atoms in total. The number of benzene rings is 1. The first-order valence-electron chi connectivity index (χ1n) is 7.10. The maximum atomic E-state index is 10.7. The minimum absolute atomic E-state index is 0.0804. The maximum absolute atomic E-state index is 10.7. The summed E-state index contributed by atoms with van der Waals surface area (Å²) in [5.74, 6) is 0. The van der Waals surface area contributed by atoms with Gasteiger partial charge in [0.05, 0.1) is 11.1 Å². The first kappa shape index (κ1) is 16.6. The third-order valence-corrected chi connectivity index (χ3v) is 4.00. The smallest absolute Gasteiger partial charge is 0.287 e. The summed E-state index contributed by atoms with van der Waals surface area (Å²) < 4.78 is 0. The van der Waals surface area contributed by atoms with E-state index in [0.29, 0.717) is 16.7 Å². The summed E-state index contributed by atoms with van der Waals surface area (Å²) in [4.78, 5) is 10.2. The molecule has 0 unspecified atom stereocenters. The molecule has 0 heterocycles. The van der Waals surface area contributed by atoms with Crippen LogP contribution < -0.4 is 10.7 Å². The molecule has 1 saturated carbocycles. The van der Waals surface area contributed by atoms with Crippen LogP contribution in [0.2, 0.25) is 5.02 Å². The molecule has 0 spiro atoms. The number of hydrogen-bond acceptors (Lipinski definition) is 4. The van der Waals surface area contributed by atoms with Crippen molar-refractivity contribution in [2.45, 2.75) is 38.1 Å². The Bertz CT molecular complexity index is 588. The minimum atomic E-state index is -0.523. The van der Waals surface area contributed by atoms with Gasteiger partial charge in [-0.3, -0.25) is 15.5 Å². The quantitative estimate of drug-likeness (QED) is 0.380. The largest absolute Gasteiger partial charge is 0.359 e. The maximum Gasteiger partial charge on any atom is 0.287 e. The molecule has 8 heteroatoms. The van der Waals surface area contributed by atoms with Crippen LogP contribution in [0.1, 0.15) is 37.7 Å². The molecule has 1 aromatic carbocycles. The van der Waals surface area contributed by atoms with Crippen LogP contribution in [-0.4, -0.2) is 22.3 Å². The van der Waals surface area contributed by atoms with Crippen LogP contribution in [0.3, 0.4) is 0 Å². The van der Waals surface area contributed by atoms with Gasteiger partial charge in [0.1, 0.15) is 5.02 Å². The average Bonchev–Trinajstić information content (AvgIpc) is 2.48. The number of hydrogen-bond donors (Lipinski definition) is 2. The molecule has 0 aromatic heterocycles. The molecular formula is C14H17ClN4O2S. The van der Waals surface area contributed by atoms with E-state index in [9.17, 15) is 10.1 Å². The summed E-state index contributed by atoms with van der Waals surface area (Å²) in [7, 11) is 0. The first-order chi connectivity index (χ1) is 10.6. The molecule has 1 fully saturated rings. The molecule has 118 valence electrons. The molecule has 0 radical (unpaired) electrons. The Labute approximate surface area is 139 Å². The molecule has 0 amide bonds. The summed E-state index contributed by atoms with van der Waals surface area (Å²) in [6.45, 7) is 0. The number of halogens is 1. The summed E-state index contributed by atoms with van der Waals surface area (Å²) in [6.07, 6.45) is 7.52. The van der Waals surface area contributed by atoms with Gasteiger partial charge in [-0.1, -0.05) is 30.9 Å². The first-order valence-corrected chi connectivity index (χ1v) is 7.88. The van der Waals surface area contributed by atoms with Crippen LogP contribution in [0.4, 0.5) is 5.69 Å². The Morgan fingerprint density at radius 1 is 1.41 bits per heavy atom. The fraction of sp³-hybridized carbons (Fsp3) is 0.429. The van der Waals surface area contributed by atoms with E-state index in [1.165, 1.54) is 37.6 Å². The average molecular weight is 341 g/mol. The zero-order chi connectivity index (χ0) is 15.9. The molecule has 1 aliphatic carbocycles. The Morgan fingerprint density at radius 3 is 2.77 bits per heavy atom. The van der Waals surface area contributed by atoms with E-state index in [1.54, 1.807) is 6.07 Å². The number of nitrogens with zero attached hydrogens (tertiary/aromatic N) is 2. The predicted octanol–water partition coefficient (Wildman–Crippen LogP) is 3.38. The van der Waals surface area contributed by atoms with Crippen LogP contribution in [0, 0.1) is 10.1 Å². The third kappa shape index (κ3) is 4.92. The lowest BCUT2D eigenvalue weighted by Gasteiger charge is -2.23. The normalized spacial score (nSPS) is 15.7. The summed E-state index contributed by atoms with van der Waals surface area (Å²) in [6, 6.07) is 4.83. The van der Waals surface area contributed by atoms with Gasteiger partial charge >= 0.3 is 0 Å². The molecule has 0 saturated heterocycles. The second-order valence-electron chi connectivity index (χ2n) is 5.15. The van der Waals surface area contributed by atoms with E-state index < -0.39 is 4.92 Å². The van der Waals surface area contributed by atoms with Crippen molar-refractivity contribution in [3.8, 4) is 0 Å². The molecule has 0 bridgehead atoms. The second-order valence-corrected chi connectivity index (χ2v) is 5.96. The van der Waals surface area contributed by atoms with Crippen molar-refractivity contribution in [3.05, 3.63) is 38.9 Å². The number of hydrazone groups is 1. The Morgan fingerprint density at radius 2 is 2.14 bits per heavy atom. The molecule has 0 atom stereocenters. The lowest BCUT2D eigenvalue weighted by atomic mass is 9.96. The van der Waals surface area contributed by atoms with Gasteiger partial charge < -0.3 is 5.32 Å². The lowest BCUT2D eigenvalue weighted by Crippen LogP contribution is -2.40. The zero-order valence-electron chi connectivity index (χ0n) is 11.9. The van der Waals surface area contributed by atoms with E-state index in [2.05, 4.69) is 15.8 Å². The molecule has 0 aliphatic heterocycles. The monoisotopic (exact) mass is 340 g/mol. The van der Waals surface area contributed by atoms with Crippen LogP contribution in [0.15, 0.2) is 23.3 Å². The van der Waals surface area contributed by atoms with Crippen molar-refractivity contribution in [3.63, 3.8) is 0 Å². The number of nitro benzene ring substituents is 1. The zero-order valence-corrected chi connectivity index (χ0v) is 13.5. The molecule has 1 aliphatic rings. The Balaban J connectivity index is 1.85. The number of rotatable bonds is 4. The van der Waals surface area contributed by atoms with Gasteiger partial charge in [0.2, 0.25) is 0 Å². The van der Waals surface area contributed by atoms with E-state index >= 15 is 0 Å². The number of thiocarbonyl (C=S) groups is 1. The highest BCUT2D eigenvalue weighted by Gasteiger charge is 2.13. The molecule has 1 aromatic rings. The van der Waals surface area contributed by atoms with Crippen molar-refractivity contribution < 1.29 is 4.92 Å². The fourth-order valence-corrected chi connectivity index (χ4v) is 2.86. The second kappa shape index (κ2) is 8.05. The predicted molar refractivity (Wildman–Crippen MR) is 91.4 cm³/mol. The minimum Gasteiger partial charge on any atom is -0.359 e. The van der Waals surface area contributed by atoms with Crippen molar-refractivity contribution in [1.29, 1.82) is 0 Å². The van der Waals surface area contributed by atoms with Crippen molar-refractivity contribution in [2.75, 3.05) is 0 Å². The van der Waals surface area contributed by atoms with Crippen LogP contribution in [0.5, 0.6) is 0 Å². The van der Waals surface area contributed by atoms with Gasteiger partial charge in [-0.15, -0.1) is 0 Å². The summed E-state index contributed by atoms with van der Waals surface area (Å²) in [5, 5.41) is 18.5. The van der Waals surface area contributed by atoms with Crippen molar-refractivity contribution in [2.24, 2.45) is 5.10 Å². The van der Waals surface area contributed by atoms with Gasteiger partial charge in [0, 0.05) is 12.1 Å². The van der Waals surface area contributed by atoms with Gasteiger partial charge in [-0.05, 0) is 42.8 Å². The van der Waals surface area contributed by atoms with Crippen LogP contribution >= 0.6 is 23.8 Å². The van der Waals surface area contributed by atoms with Crippen LogP contribution in [0.25, 0.3) is 0 Å². The molecular weight excluding hydrogens is 324 g/mol. The standard InChI is InChI=1S/C14H17ClN4O2S/c15-12-8-10(6-7-13(12)19(20)21)9-16-18-14(22)17-11-4-2-1-3-5-11/h6-9,11H,1-5H2,(H2,17,18,22)/b16-9+. The number of nitro groups is 1. The van der Waals surface area contributed by atoms with Crippen molar-refractivity contribution in [1.82, 2.24) is 10.7 Å². The Hall–Kier alpha value is -1.73. The fourth-order valence-electron chi connectivity index (χ4n) is 2.38. The van der Waals surface area contributed by atoms with E-state index in [1.807, 2.05) is 0 Å². The lowest BCUT2D eigenvalue weighted by molar-refractivity contribution is -0.384. The molecule has 22 heavy (non-hydrogen) atoms. The van der Waals surface area contributed by atoms with E-state index in [0.717, 1.165) is 12.8 Å². The molecule has 2 N–H and O–H groups in total. The van der Waals surface area contributed by atoms with Gasteiger partial charge in [-0.2, -0.15) is 5.10 Å². The van der Waals surface area contributed by atoms with Gasteiger partial charge in [-0.25, -0.2) is 0 Å². The van der Waals surface area contributed by atoms with Gasteiger partial charge in [0.15, 0.2) is 5.11 Å². The van der Waals surface area contributed by atoms with Crippen LogP contribution in [-0.2, 0) is 0 Å². The SMILES string of the molecule is O=[N+]([O-])c1ccc(/C=N/NC(=S)NC2CCCCC2)cc1Cl. The van der Waals surface area contributed by atoms with E-state index in [4.69, 9.17) is 23.8 Å². The number of nitrogens with one attached hydrogen (secondary N) is 2. The summed E-state index contributed by atoms with van der Waals surface area (Å²) in [5.41, 5.74) is 3.28. The summed E-state index contributed by atoms with van der Waals surface area (Å²) >= 11 is 11.0. The highest BCUT2D eigenvalue weighted by molar-refractivity contribution is 7.80. The topological polar surface area (TPSA) is 79.6 Å². The third-order valence-electron chi connectivity index (χ3n) is 3.49. The molecule has 2 rings (SSSR count). The highest BCUT2D eigenvalue weighted by atomic mass is 35.5. The van der Waals surface area contributed by atoms with Gasteiger partial charge in [0.25, 0.3) is 5.69 Å². The Kier molecular flexibility index (Phi) is 6.09. The van der Waals surface area contributed by atoms with Crippen molar-refractivity contribution >= 4 is 40.8 Å². The van der Waals surface area contributed by atoms with E-state index in [-0.39, 0.29) is 10.7 Å².